The van der Waals surface area contributed by atoms with Gasteiger partial charge in [0.1, 0.15) is 6.54 Å². The molecule has 0 atom stereocenters. The van der Waals surface area contributed by atoms with Crippen LogP contribution in [0.25, 0.3) is 21.5 Å². The van der Waals surface area contributed by atoms with E-state index >= 15 is 0 Å². The van der Waals surface area contributed by atoms with Crippen LogP contribution < -0.4 is 22.0 Å². The van der Waals surface area contributed by atoms with Crippen molar-refractivity contribution in [1.82, 2.24) is 30.4 Å². The lowest BCUT2D eigenvalue weighted by molar-refractivity contribution is -0.122. The number of hydrogen-bond acceptors (Lipinski definition) is 6. The fourth-order valence-corrected chi connectivity index (χ4v) is 3.37. The first-order chi connectivity index (χ1) is 15.5. The molecule has 4 aromatic rings. The van der Waals surface area contributed by atoms with Crippen LogP contribution in [0.15, 0.2) is 64.3 Å². The summed E-state index contributed by atoms with van der Waals surface area (Å²) in [6.45, 7) is 1.87. The van der Waals surface area contributed by atoms with Gasteiger partial charge in [-0.25, -0.2) is 9.36 Å². The zero-order chi connectivity index (χ0) is 22.7. The maximum atomic E-state index is 12.7. The van der Waals surface area contributed by atoms with Gasteiger partial charge in [-0.2, -0.15) is 10.2 Å². The monoisotopic (exact) mass is 432 g/mol. The molecule has 2 amide bonds. The lowest BCUT2D eigenvalue weighted by Gasteiger charge is -2.12. The highest BCUT2D eigenvalue weighted by atomic mass is 16.2. The van der Waals surface area contributed by atoms with Crippen molar-refractivity contribution in [1.29, 1.82) is 0 Å². The molecule has 2 N–H and O–H groups in total. The van der Waals surface area contributed by atoms with Crippen LogP contribution in [0.2, 0.25) is 0 Å². The molecule has 0 radical (unpaired) electrons. The highest BCUT2D eigenvalue weighted by Gasteiger charge is 2.17. The van der Waals surface area contributed by atoms with Gasteiger partial charge >= 0.3 is 0 Å². The number of nitrogens with one attached hydrogen (secondary N) is 2. The molecule has 10 heteroatoms. The first-order valence-electron chi connectivity index (χ1n) is 10.0. The van der Waals surface area contributed by atoms with Crippen molar-refractivity contribution >= 4 is 33.4 Å². The predicted molar refractivity (Wildman–Crippen MR) is 118 cm³/mol. The maximum Gasteiger partial charge on any atom is 0.290 e. The second-order valence-corrected chi connectivity index (χ2v) is 7.12. The van der Waals surface area contributed by atoms with Gasteiger partial charge in [0.05, 0.1) is 17.0 Å². The molecule has 0 saturated heterocycles. The fraction of sp³-hybridized carbons (Fsp3) is 0.182. The van der Waals surface area contributed by atoms with Gasteiger partial charge in [-0.1, -0.05) is 43.3 Å². The van der Waals surface area contributed by atoms with Gasteiger partial charge in [-0.3, -0.25) is 30.0 Å². The Kier molecular flexibility index (Phi) is 5.75. The Morgan fingerprint density at radius 1 is 0.875 bits per heavy atom. The van der Waals surface area contributed by atoms with Gasteiger partial charge in [0, 0.05) is 17.3 Å². The Morgan fingerprint density at radius 3 is 2.28 bits per heavy atom. The number of hydrogen-bond donors (Lipinski definition) is 2. The first kappa shape index (κ1) is 20.9. The number of carbonyl (C=O) groups excluding carboxylic acids is 2. The largest absolute Gasteiger partial charge is 0.290 e. The van der Waals surface area contributed by atoms with Crippen molar-refractivity contribution in [3.05, 3.63) is 81.1 Å². The SMILES string of the molecule is CCCn1nc(C(=O)NNC(=O)Cn2ncc3ccccc3c2=O)c2ccccc2c1=O. The number of aryl methyl sites for hydroxylation is 1. The molecular formula is C22H20N6O4. The lowest BCUT2D eigenvalue weighted by atomic mass is 10.1. The lowest BCUT2D eigenvalue weighted by Crippen LogP contribution is -2.45. The third-order valence-corrected chi connectivity index (χ3v) is 4.89. The summed E-state index contributed by atoms with van der Waals surface area (Å²) in [5, 5.41) is 10.0. The van der Waals surface area contributed by atoms with Crippen LogP contribution in [0.4, 0.5) is 0 Å². The molecule has 0 fully saturated rings. The molecule has 0 aliphatic carbocycles. The molecule has 162 valence electrons. The number of hydrazine groups is 1. The van der Waals surface area contributed by atoms with E-state index in [1.807, 2.05) is 6.92 Å². The van der Waals surface area contributed by atoms with Gasteiger partial charge in [-0.05, 0) is 18.6 Å². The molecule has 0 aliphatic heterocycles. The molecule has 4 rings (SSSR count). The van der Waals surface area contributed by atoms with E-state index in [0.29, 0.717) is 34.5 Å². The summed E-state index contributed by atoms with van der Waals surface area (Å²) in [5.41, 5.74) is 3.88. The second kappa shape index (κ2) is 8.80. The summed E-state index contributed by atoms with van der Waals surface area (Å²) in [4.78, 5) is 50.1. The van der Waals surface area contributed by atoms with Crippen LogP contribution in [0.1, 0.15) is 23.8 Å². The molecule has 0 spiro atoms. The van der Waals surface area contributed by atoms with Crippen LogP contribution in [0.3, 0.4) is 0 Å². The van der Waals surface area contributed by atoms with Crippen molar-refractivity contribution in [2.75, 3.05) is 0 Å². The zero-order valence-corrected chi connectivity index (χ0v) is 17.2. The standard InChI is InChI=1S/C22H20N6O4/c1-2-11-27-22(32)17-10-6-5-9-16(17)19(26-27)20(30)25-24-18(29)13-28-21(31)15-8-4-3-7-14(15)12-23-28/h3-10,12H,2,11,13H2,1H3,(H,24,29)(H,25,30). The minimum atomic E-state index is -0.682. The maximum absolute atomic E-state index is 12.7. The van der Waals surface area contributed by atoms with Crippen molar-refractivity contribution < 1.29 is 9.59 Å². The van der Waals surface area contributed by atoms with Gasteiger partial charge in [0.25, 0.3) is 22.9 Å². The molecule has 10 nitrogen and oxygen atoms in total. The van der Waals surface area contributed by atoms with Crippen LogP contribution in [0, 0.1) is 0 Å². The average molecular weight is 432 g/mol. The van der Waals surface area contributed by atoms with Crippen molar-refractivity contribution in [3.63, 3.8) is 0 Å². The highest BCUT2D eigenvalue weighted by molar-refractivity contribution is 6.05. The van der Waals surface area contributed by atoms with E-state index in [0.717, 1.165) is 4.68 Å². The smallest absolute Gasteiger partial charge is 0.271 e. The van der Waals surface area contributed by atoms with Gasteiger partial charge in [0.2, 0.25) is 0 Å². The molecule has 32 heavy (non-hydrogen) atoms. The van der Waals surface area contributed by atoms with Crippen LogP contribution in [0.5, 0.6) is 0 Å². The van der Waals surface area contributed by atoms with E-state index in [1.165, 1.54) is 10.9 Å². The van der Waals surface area contributed by atoms with Gasteiger partial charge < -0.3 is 0 Å². The molecule has 0 aliphatic rings. The summed E-state index contributed by atoms with van der Waals surface area (Å²) in [5.74, 6) is -1.33. The molecular weight excluding hydrogens is 412 g/mol. The summed E-state index contributed by atoms with van der Waals surface area (Å²) in [7, 11) is 0. The van der Waals surface area contributed by atoms with E-state index in [-0.39, 0.29) is 17.8 Å². The van der Waals surface area contributed by atoms with E-state index in [4.69, 9.17) is 0 Å². The van der Waals surface area contributed by atoms with E-state index in [9.17, 15) is 19.2 Å². The summed E-state index contributed by atoms with van der Waals surface area (Å²) in [6, 6.07) is 13.6. The fourth-order valence-electron chi connectivity index (χ4n) is 3.37. The number of amides is 2. The minimum absolute atomic E-state index is 0.00921. The van der Waals surface area contributed by atoms with Gasteiger partial charge in [0.15, 0.2) is 5.69 Å². The Labute approximate surface area is 181 Å². The summed E-state index contributed by atoms with van der Waals surface area (Å²) < 4.78 is 2.25. The van der Waals surface area contributed by atoms with Crippen molar-refractivity contribution in [2.45, 2.75) is 26.4 Å². The summed E-state index contributed by atoms with van der Waals surface area (Å²) in [6.07, 6.45) is 2.16. The molecule has 0 unspecified atom stereocenters. The number of benzene rings is 2. The Balaban J connectivity index is 1.53. The Bertz CT molecular complexity index is 1460. The molecule has 2 aromatic heterocycles. The predicted octanol–water partition coefficient (Wildman–Crippen LogP) is 0.978. The number of fused-ring (bicyclic) bond motifs is 2. The van der Waals surface area contributed by atoms with Crippen molar-refractivity contribution in [3.8, 4) is 0 Å². The third kappa shape index (κ3) is 3.97. The van der Waals surface area contributed by atoms with Gasteiger partial charge in [-0.15, -0.1) is 0 Å². The van der Waals surface area contributed by atoms with Crippen LogP contribution >= 0.6 is 0 Å². The van der Waals surface area contributed by atoms with E-state index in [1.54, 1.807) is 48.5 Å². The first-order valence-corrected chi connectivity index (χ1v) is 10.0. The molecule has 2 heterocycles. The highest BCUT2D eigenvalue weighted by Crippen LogP contribution is 2.13. The normalized spacial score (nSPS) is 10.9. The minimum Gasteiger partial charge on any atom is -0.271 e. The third-order valence-electron chi connectivity index (χ3n) is 4.89. The average Bonchev–Trinajstić information content (AvgIpc) is 2.81. The van der Waals surface area contributed by atoms with Crippen LogP contribution in [-0.2, 0) is 17.9 Å². The number of aromatic nitrogens is 4. The Hall–Kier alpha value is -4.34. The van der Waals surface area contributed by atoms with Crippen LogP contribution in [-0.4, -0.2) is 31.4 Å². The zero-order valence-electron chi connectivity index (χ0n) is 17.2. The molecule has 0 saturated carbocycles. The molecule has 0 bridgehead atoms. The van der Waals surface area contributed by atoms with Crippen molar-refractivity contribution in [2.24, 2.45) is 0 Å². The number of rotatable bonds is 5. The number of nitrogens with zero attached hydrogens (tertiary/aromatic N) is 4. The number of carbonyl (C=O) groups is 2. The second-order valence-electron chi connectivity index (χ2n) is 7.12. The van der Waals surface area contributed by atoms with E-state index < -0.39 is 17.4 Å². The quantitative estimate of drug-likeness (QED) is 0.453. The topological polar surface area (TPSA) is 128 Å². The molecule has 2 aromatic carbocycles. The Morgan fingerprint density at radius 2 is 1.53 bits per heavy atom. The summed E-state index contributed by atoms with van der Waals surface area (Å²) >= 11 is 0. The van der Waals surface area contributed by atoms with E-state index in [2.05, 4.69) is 21.0 Å².